The fourth-order valence-corrected chi connectivity index (χ4v) is 1.12. The zero-order valence-electron chi connectivity index (χ0n) is 5.63. The van der Waals surface area contributed by atoms with Crippen molar-refractivity contribution in [3.8, 4) is 0 Å². The van der Waals surface area contributed by atoms with Gasteiger partial charge in [0.05, 0.1) is 6.10 Å². The Hall–Kier alpha value is 0.210. The molecule has 9 heavy (non-hydrogen) atoms. The first-order valence-electron chi connectivity index (χ1n) is 3.22. The van der Waals surface area contributed by atoms with Crippen LogP contribution in [0.15, 0.2) is 0 Å². The highest BCUT2D eigenvalue weighted by atomic mass is 35.5. The number of aliphatic hydroxyl groups is 1. The lowest BCUT2D eigenvalue weighted by molar-refractivity contribution is 0.154. The molecule has 56 valence electrons. The maximum atomic E-state index is 8.99. The third-order valence-corrected chi connectivity index (χ3v) is 1.68. The van der Waals surface area contributed by atoms with Gasteiger partial charge in [-0.05, 0) is 26.3 Å². The molecule has 0 aromatic rings. The predicted molar refractivity (Wildman–Crippen MR) is 40.0 cm³/mol. The summed E-state index contributed by atoms with van der Waals surface area (Å²) in [5.74, 6) is 0. The number of hydrogen-bond donors (Lipinski definition) is 2. The molecule has 1 heterocycles. The van der Waals surface area contributed by atoms with Crippen LogP contribution in [0.3, 0.4) is 0 Å². The molecule has 0 saturated carbocycles. The number of rotatable bonds is 1. The fourth-order valence-electron chi connectivity index (χ4n) is 1.12. The molecular weight excluding hydrogens is 138 g/mol. The summed E-state index contributed by atoms with van der Waals surface area (Å²) in [6.07, 6.45) is 2.19. The van der Waals surface area contributed by atoms with E-state index >= 15 is 0 Å². The molecule has 1 unspecified atom stereocenters. The number of hydrogen-bond acceptors (Lipinski definition) is 2. The van der Waals surface area contributed by atoms with Crippen LogP contribution in [-0.4, -0.2) is 23.8 Å². The minimum atomic E-state index is -0.169. The Kier molecular flexibility index (Phi) is 4.19. The van der Waals surface area contributed by atoms with Gasteiger partial charge >= 0.3 is 0 Å². The van der Waals surface area contributed by atoms with E-state index < -0.39 is 0 Å². The van der Waals surface area contributed by atoms with E-state index in [1.807, 2.05) is 6.92 Å². The van der Waals surface area contributed by atoms with E-state index in [0.29, 0.717) is 6.04 Å². The highest BCUT2D eigenvalue weighted by Gasteiger charge is 2.17. The monoisotopic (exact) mass is 151 g/mol. The second-order valence-corrected chi connectivity index (χ2v) is 2.44. The quantitative estimate of drug-likeness (QED) is 0.574. The van der Waals surface area contributed by atoms with Crippen molar-refractivity contribution < 1.29 is 5.11 Å². The summed E-state index contributed by atoms with van der Waals surface area (Å²) in [7, 11) is 0. The number of nitrogens with one attached hydrogen (secondary N) is 1. The zero-order chi connectivity index (χ0) is 5.98. The van der Waals surface area contributed by atoms with E-state index in [-0.39, 0.29) is 18.5 Å². The molecule has 2 nitrogen and oxygen atoms in total. The molecule has 2 atom stereocenters. The molecule has 1 aliphatic heterocycles. The Morgan fingerprint density at radius 2 is 2.33 bits per heavy atom. The molecule has 1 saturated heterocycles. The second-order valence-electron chi connectivity index (χ2n) is 2.44. The highest BCUT2D eigenvalue weighted by Crippen LogP contribution is 2.07. The molecule has 0 aromatic heterocycles. The van der Waals surface area contributed by atoms with Gasteiger partial charge in [-0.1, -0.05) is 0 Å². The van der Waals surface area contributed by atoms with E-state index in [4.69, 9.17) is 5.11 Å². The van der Waals surface area contributed by atoms with E-state index in [1.54, 1.807) is 0 Å². The molecule has 0 spiro atoms. The van der Waals surface area contributed by atoms with Gasteiger partial charge in [-0.3, -0.25) is 0 Å². The van der Waals surface area contributed by atoms with Gasteiger partial charge in [0.2, 0.25) is 0 Å². The fraction of sp³-hybridized carbons (Fsp3) is 1.00. The SMILES string of the molecule is CC(O)[C@@H]1CCCN1.Cl. The van der Waals surface area contributed by atoms with Crippen molar-refractivity contribution in [3.05, 3.63) is 0 Å². The van der Waals surface area contributed by atoms with Crippen LogP contribution in [0, 0.1) is 0 Å². The van der Waals surface area contributed by atoms with Crippen LogP contribution in [0.2, 0.25) is 0 Å². The maximum Gasteiger partial charge on any atom is 0.0665 e. The number of aliphatic hydroxyl groups excluding tert-OH is 1. The Balaban J connectivity index is 0.000000640. The molecule has 0 amide bonds. The van der Waals surface area contributed by atoms with Gasteiger partial charge in [0.1, 0.15) is 0 Å². The van der Waals surface area contributed by atoms with E-state index in [0.717, 1.165) is 13.0 Å². The lowest BCUT2D eigenvalue weighted by Crippen LogP contribution is -2.32. The third kappa shape index (κ3) is 2.52. The normalized spacial score (nSPS) is 29.3. The summed E-state index contributed by atoms with van der Waals surface area (Å²) in [5.41, 5.74) is 0. The lowest BCUT2D eigenvalue weighted by Gasteiger charge is -2.11. The van der Waals surface area contributed by atoms with E-state index in [9.17, 15) is 0 Å². The van der Waals surface area contributed by atoms with Gasteiger partial charge in [-0.2, -0.15) is 0 Å². The first-order chi connectivity index (χ1) is 3.80. The summed E-state index contributed by atoms with van der Waals surface area (Å²) in [6.45, 7) is 2.92. The highest BCUT2D eigenvalue weighted by molar-refractivity contribution is 5.85. The van der Waals surface area contributed by atoms with E-state index in [1.165, 1.54) is 6.42 Å². The van der Waals surface area contributed by atoms with Crippen molar-refractivity contribution in [2.75, 3.05) is 6.54 Å². The Bertz CT molecular complexity index is 71.5. The van der Waals surface area contributed by atoms with Crippen LogP contribution in [-0.2, 0) is 0 Å². The molecule has 0 aromatic carbocycles. The van der Waals surface area contributed by atoms with Crippen LogP contribution in [0.5, 0.6) is 0 Å². The van der Waals surface area contributed by atoms with Crippen molar-refractivity contribution in [2.45, 2.75) is 31.9 Å². The minimum absolute atomic E-state index is 0. The largest absolute Gasteiger partial charge is 0.392 e. The van der Waals surface area contributed by atoms with Crippen molar-refractivity contribution in [1.29, 1.82) is 0 Å². The Morgan fingerprint density at radius 1 is 1.67 bits per heavy atom. The molecule has 1 fully saturated rings. The van der Waals surface area contributed by atoms with Gasteiger partial charge < -0.3 is 10.4 Å². The topological polar surface area (TPSA) is 32.3 Å². The Labute approximate surface area is 62.1 Å². The summed E-state index contributed by atoms with van der Waals surface area (Å²) >= 11 is 0. The Morgan fingerprint density at radius 3 is 2.56 bits per heavy atom. The smallest absolute Gasteiger partial charge is 0.0665 e. The van der Waals surface area contributed by atoms with Crippen molar-refractivity contribution >= 4 is 12.4 Å². The predicted octanol–water partition coefficient (Wildman–Crippen LogP) is 0.541. The van der Waals surface area contributed by atoms with E-state index in [2.05, 4.69) is 5.32 Å². The second kappa shape index (κ2) is 4.09. The van der Waals surface area contributed by atoms with Crippen LogP contribution in [0.1, 0.15) is 19.8 Å². The van der Waals surface area contributed by atoms with Crippen LogP contribution < -0.4 is 5.32 Å². The molecule has 0 aliphatic carbocycles. The molecule has 0 radical (unpaired) electrons. The lowest BCUT2D eigenvalue weighted by atomic mass is 10.1. The van der Waals surface area contributed by atoms with Gasteiger partial charge in [0.25, 0.3) is 0 Å². The first kappa shape index (κ1) is 9.21. The van der Waals surface area contributed by atoms with Crippen LogP contribution >= 0.6 is 12.4 Å². The number of halogens is 1. The maximum absolute atomic E-state index is 8.99. The van der Waals surface area contributed by atoms with Crippen molar-refractivity contribution in [2.24, 2.45) is 0 Å². The van der Waals surface area contributed by atoms with Crippen molar-refractivity contribution in [3.63, 3.8) is 0 Å². The molecular formula is C6H14ClNO. The first-order valence-corrected chi connectivity index (χ1v) is 3.22. The molecule has 0 bridgehead atoms. The standard InChI is InChI=1S/C6H13NO.ClH/c1-5(8)6-3-2-4-7-6;/h5-8H,2-4H2,1H3;1H/t5?,6-;/m0./s1. The molecule has 2 N–H and O–H groups in total. The molecule has 1 aliphatic rings. The minimum Gasteiger partial charge on any atom is -0.392 e. The van der Waals surface area contributed by atoms with Gasteiger partial charge in [-0.25, -0.2) is 0 Å². The van der Waals surface area contributed by atoms with Gasteiger partial charge in [-0.15, -0.1) is 12.4 Å². The average Bonchev–Trinajstić information content (AvgIpc) is 2.12. The average molecular weight is 152 g/mol. The van der Waals surface area contributed by atoms with Gasteiger partial charge in [0, 0.05) is 6.04 Å². The molecule has 1 rings (SSSR count). The van der Waals surface area contributed by atoms with Gasteiger partial charge in [0.15, 0.2) is 0 Å². The summed E-state index contributed by atoms with van der Waals surface area (Å²) in [6, 6.07) is 0.370. The summed E-state index contributed by atoms with van der Waals surface area (Å²) in [5, 5.41) is 12.2. The summed E-state index contributed by atoms with van der Waals surface area (Å²) in [4.78, 5) is 0. The third-order valence-electron chi connectivity index (χ3n) is 1.68. The van der Waals surface area contributed by atoms with Crippen LogP contribution in [0.4, 0.5) is 0 Å². The molecule has 3 heteroatoms. The van der Waals surface area contributed by atoms with Crippen LogP contribution in [0.25, 0.3) is 0 Å². The zero-order valence-corrected chi connectivity index (χ0v) is 6.45. The van der Waals surface area contributed by atoms with Crippen molar-refractivity contribution in [1.82, 2.24) is 5.32 Å². The summed E-state index contributed by atoms with van der Waals surface area (Å²) < 4.78 is 0.